The SMILES string of the molecule is CCC(CC(C)C)(C(=O)OCCCCCCSc1nccc(=O)[nH]1)C(C)(C)C. The van der Waals surface area contributed by atoms with E-state index < -0.39 is 5.41 Å². The minimum atomic E-state index is -0.419. The first-order valence-electron chi connectivity index (χ1n) is 10.5. The number of nitrogens with zero attached hydrogens (tertiary/aromatic N) is 1. The Balaban J connectivity index is 2.31. The molecule has 1 atom stereocenters. The van der Waals surface area contributed by atoms with E-state index in [1.54, 1.807) is 11.8 Å². The second-order valence-corrected chi connectivity index (χ2v) is 10.0. The third kappa shape index (κ3) is 7.61. The molecular formula is C22H38N2O3S. The van der Waals surface area contributed by atoms with Gasteiger partial charge in [-0.15, -0.1) is 0 Å². The van der Waals surface area contributed by atoms with E-state index in [0.717, 1.165) is 44.3 Å². The highest BCUT2D eigenvalue weighted by molar-refractivity contribution is 7.99. The molecule has 0 aliphatic rings. The smallest absolute Gasteiger partial charge is 0.312 e. The number of hydrogen-bond donors (Lipinski definition) is 1. The van der Waals surface area contributed by atoms with Crippen LogP contribution in [0, 0.1) is 16.7 Å². The van der Waals surface area contributed by atoms with Gasteiger partial charge in [-0.25, -0.2) is 4.98 Å². The highest BCUT2D eigenvalue weighted by atomic mass is 32.2. The number of hydrogen-bond acceptors (Lipinski definition) is 5. The van der Waals surface area contributed by atoms with Gasteiger partial charge in [-0.3, -0.25) is 9.59 Å². The fraction of sp³-hybridized carbons (Fsp3) is 0.773. The minimum absolute atomic E-state index is 0.0362. The molecule has 1 aromatic rings. The molecule has 0 bridgehead atoms. The van der Waals surface area contributed by atoms with Gasteiger partial charge in [-0.2, -0.15) is 0 Å². The second kappa shape index (κ2) is 11.6. The van der Waals surface area contributed by atoms with Gasteiger partial charge in [0, 0.05) is 18.0 Å². The number of ether oxygens (including phenoxy) is 1. The number of rotatable bonds is 12. The molecule has 0 amide bonds. The van der Waals surface area contributed by atoms with Crippen LogP contribution in [-0.2, 0) is 9.53 Å². The molecule has 0 aliphatic heterocycles. The zero-order valence-electron chi connectivity index (χ0n) is 18.5. The zero-order valence-corrected chi connectivity index (χ0v) is 19.3. The molecule has 0 fully saturated rings. The van der Waals surface area contributed by atoms with Gasteiger partial charge in [-0.1, -0.05) is 66.1 Å². The Labute approximate surface area is 174 Å². The van der Waals surface area contributed by atoms with Crippen LogP contribution in [0.4, 0.5) is 0 Å². The summed E-state index contributed by atoms with van der Waals surface area (Å²) < 4.78 is 5.72. The summed E-state index contributed by atoms with van der Waals surface area (Å²) in [6.07, 6.45) is 7.24. The van der Waals surface area contributed by atoms with E-state index in [0.29, 0.717) is 17.7 Å². The number of nitrogens with one attached hydrogen (secondary N) is 1. The minimum Gasteiger partial charge on any atom is -0.465 e. The largest absolute Gasteiger partial charge is 0.465 e. The van der Waals surface area contributed by atoms with E-state index >= 15 is 0 Å². The van der Waals surface area contributed by atoms with Gasteiger partial charge >= 0.3 is 5.97 Å². The lowest BCUT2D eigenvalue weighted by atomic mass is 9.61. The maximum atomic E-state index is 12.9. The first-order valence-corrected chi connectivity index (χ1v) is 11.5. The molecule has 1 heterocycles. The van der Waals surface area contributed by atoms with Crippen molar-refractivity contribution in [2.45, 2.75) is 85.2 Å². The Hall–Kier alpha value is -1.30. The number of unbranched alkanes of at least 4 members (excludes halogenated alkanes) is 3. The van der Waals surface area contributed by atoms with Crippen LogP contribution in [0.25, 0.3) is 0 Å². The molecule has 0 saturated carbocycles. The lowest BCUT2D eigenvalue weighted by Crippen LogP contribution is -2.44. The molecule has 1 rings (SSSR count). The molecule has 0 saturated heterocycles. The van der Waals surface area contributed by atoms with E-state index in [4.69, 9.17) is 4.74 Å². The summed E-state index contributed by atoms with van der Waals surface area (Å²) in [4.78, 5) is 31.0. The fourth-order valence-electron chi connectivity index (χ4n) is 3.67. The van der Waals surface area contributed by atoms with E-state index in [2.05, 4.69) is 51.5 Å². The van der Waals surface area contributed by atoms with Crippen LogP contribution in [0.1, 0.15) is 80.1 Å². The Morgan fingerprint density at radius 2 is 1.89 bits per heavy atom. The van der Waals surface area contributed by atoms with Crippen molar-refractivity contribution >= 4 is 17.7 Å². The van der Waals surface area contributed by atoms with Crippen LogP contribution in [-0.4, -0.2) is 28.3 Å². The Bertz CT molecular complexity index is 652. The van der Waals surface area contributed by atoms with Crippen molar-refractivity contribution in [2.24, 2.45) is 16.7 Å². The van der Waals surface area contributed by atoms with Crippen molar-refractivity contribution in [3.05, 3.63) is 22.6 Å². The summed E-state index contributed by atoms with van der Waals surface area (Å²) in [7, 11) is 0. The van der Waals surface area contributed by atoms with Crippen LogP contribution < -0.4 is 5.56 Å². The fourth-order valence-corrected chi connectivity index (χ4v) is 4.52. The summed E-state index contributed by atoms with van der Waals surface area (Å²) in [6, 6.07) is 1.42. The molecule has 6 heteroatoms. The quantitative estimate of drug-likeness (QED) is 0.214. The number of aromatic nitrogens is 2. The summed E-state index contributed by atoms with van der Waals surface area (Å²) in [6.45, 7) is 13.4. The summed E-state index contributed by atoms with van der Waals surface area (Å²) in [5, 5.41) is 0.671. The maximum absolute atomic E-state index is 12.9. The molecular weight excluding hydrogens is 372 g/mol. The predicted octanol–water partition coefficient (Wildman–Crippen LogP) is 5.45. The van der Waals surface area contributed by atoms with Gasteiger partial charge in [0.2, 0.25) is 0 Å². The number of esters is 1. The number of carbonyl (C=O) groups excluding carboxylic acids is 1. The number of H-pyrrole nitrogens is 1. The van der Waals surface area contributed by atoms with Crippen LogP contribution in [0.5, 0.6) is 0 Å². The molecule has 0 spiro atoms. The summed E-state index contributed by atoms with van der Waals surface area (Å²) in [5.41, 5.74) is -0.653. The number of thioether (sulfide) groups is 1. The highest BCUT2D eigenvalue weighted by Crippen LogP contribution is 2.47. The van der Waals surface area contributed by atoms with Gasteiger partial charge in [0.05, 0.1) is 12.0 Å². The van der Waals surface area contributed by atoms with Crippen LogP contribution in [0.3, 0.4) is 0 Å². The normalized spacial score (nSPS) is 14.1. The van der Waals surface area contributed by atoms with E-state index in [1.807, 2.05) is 0 Å². The Morgan fingerprint density at radius 1 is 1.21 bits per heavy atom. The Kier molecular flexibility index (Phi) is 10.3. The van der Waals surface area contributed by atoms with Crippen LogP contribution in [0.2, 0.25) is 0 Å². The molecule has 1 N–H and O–H groups in total. The van der Waals surface area contributed by atoms with Crippen molar-refractivity contribution in [3.8, 4) is 0 Å². The molecule has 0 radical (unpaired) electrons. The molecule has 28 heavy (non-hydrogen) atoms. The van der Waals surface area contributed by atoms with Crippen molar-refractivity contribution in [3.63, 3.8) is 0 Å². The average Bonchev–Trinajstić information content (AvgIpc) is 2.60. The molecule has 0 aromatic carbocycles. The lowest BCUT2D eigenvalue weighted by Gasteiger charge is -2.43. The average molecular weight is 411 g/mol. The first-order chi connectivity index (χ1) is 13.1. The Morgan fingerprint density at radius 3 is 2.46 bits per heavy atom. The van der Waals surface area contributed by atoms with Gasteiger partial charge in [0.1, 0.15) is 0 Å². The van der Waals surface area contributed by atoms with Gasteiger partial charge in [-0.05, 0) is 37.0 Å². The van der Waals surface area contributed by atoms with Crippen molar-refractivity contribution in [1.82, 2.24) is 9.97 Å². The zero-order chi connectivity index (χ0) is 21.2. The topological polar surface area (TPSA) is 72.0 Å². The van der Waals surface area contributed by atoms with Crippen molar-refractivity contribution in [1.29, 1.82) is 0 Å². The van der Waals surface area contributed by atoms with E-state index in [-0.39, 0.29) is 16.9 Å². The predicted molar refractivity (Wildman–Crippen MR) is 117 cm³/mol. The molecule has 160 valence electrons. The van der Waals surface area contributed by atoms with Crippen LogP contribution in [0.15, 0.2) is 22.2 Å². The molecule has 0 aliphatic carbocycles. The first kappa shape index (κ1) is 24.7. The summed E-state index contributed by atoms with van der Waals surface area (Å²) >= 11 is 1.57. The third-order valence-corrected chi connectivity index (χ3v) is 6.32. The van der Waals surface area contributed by atoms with Gasteiger partial charge in [0.15, 0.2) is 5.16 Å². The standard InChI is InChI=1S/C22H38N2O3S/c1-7-22(16-17(2)3,21(4,5)6)19(26)27-14-10-8-9-11-15-28-20-23-13-12-18(25)24-20/h12-13,17H,7-11,14-16H2,1-6H3,(H,23,24,25). The monoisotopic (exact) mass is 410 g/mol. The molecule has 1 aromatic heterocycles. The van der Waals surface area contributed by atoms with Crippen molar-refractivity contribution < 1.29 is 9.53 Å². The lowest BCUT2D eigenvalue weighted by molar-refractivity contribution is -0.166. The third-order valence-electron chi connectivity index (χ3n) is 5.35. The molecule has 1 unspecified atom stereocenters. The second-order valence-electron chi connectivity index (χ2n) is 8.92. The number of carbonyl (C=O) groups is 1. The maximum Gasteiger partial charge on any atom is 0.312 e. The van der Waals surface area contributed by atoms with E-state index in [1.165, 1.54) is 12.3 Å². The van der Waals surface area contributed by atoms with Crippen molar-refractivity contribution in [2.75, 3.05) is 12.4 Å². The van der Waals surface area contributed by atoms with Gasteiger partial charge < -0.3 is 9.72 Å². The van der Waals surface area contributed by atoms with E-state index in [9.17, 15) is 9.59 Å². The molecule has 5 nitrogen and oxygen atoms in total. The summed E-state index contributed by atoms with van der Waals surface area (Å²) in [5.74, 6) is 1.34. The number of aromatic amines is 1. The van der Waals surface area contributed by atoms with Crippen LogP contribution >= 0.6 is 11.8 Å². The van der Waals surface area contributed by atoms with Gasteiger partial charge in [0.25, 0.3) is 5.56 Å². The highest BCUT2D eigenvalue weighted by Gasteiger charge is 2.48.